The van der Waals surface area contributed by atoms with E-state index in [1.807, 2.05) is 0 Å². The summed E-state index contributed by atoms with van der Waals surface area (Å²) in [4.78, 5) is 11.5. The maximum atomic E-state index is 12.4. The first-order valence-corrected chi connectivity index (χ1v) is 15.0. The molecule has 5 aliphatic rings. The number of aliphatic hydroxyl groups excluding tert-OH is 4. The highest BCUT2D eigenvalue weighted by atomic mass is 16.7. The SMILES string of the molecule is C[C@]12CC[C@H](O[C@@H]3O[C@H](CO)[C@@H](O)[C@H](N)[C@H]3O)C[C@H]1CC[C@@H]1[C@@H]2CC[C@]2(C)[C@@H]([C@@H](CO)CC(=O)O)CC[C@]12O. The van der Waals surface area contributed by atoms with Gasteiger partial charge in [0.1, 0.15) is 18.3 Å². The average molecular weight is 556 g/mol. The van der Waals surface area contributed by atoms with Crippen LogP contribution in [-0.4, -0.2) is 92.2 Å². The van der Waals surface area contributed by atoms with Crippen LogP contribution in [0, 0.1) is 40.4 Å². The summed E-state index contributed by atoms with van der Waals surface area (Å²) in [6.07, 6.45) is 3.19. The van der Waals surface area contributed by atoms with Crippen LogP contribution in [0.3, 0.4) is 0 Å². The van der Waals surface area contributed by atoms with Crippen LogP contribution in [0.25, 0.3) is 0 Å². The summed E-state index contributed by atoms with van der Waals surface area (Å²) in [5, 5.41) is 62.1. The molecule has 5 fully saturated rings. The summed E-state index contributed by atoms with van der Waals surface area (Å²) in [6.45, 7) is 3.93. The van der Waals surface area contributed by atoms with E-state index < -0.39 is 54.2 Å². The number of fused-ring (bicyclic) bond motifs is 5. The molecule has 0 radical (unpaired) electrons. The van der Waals surface area contributed by atoms with Gasteiger partial charge in [-0.05, 0) is 98.2 Å². The molecule has 0 aromatic heterocycles. The maximum absolute atomic E-state index is 12.4. The average Bonchev–Trinajstić information content (AvgIpc) is 3.18. The Morgan fingerprint density at radius 2 is 1.77 bits per heavy atom. The highest BCUT2D eigenvalue weighted by molar-refractivity contribution is 5.67. The van der Waals surface area contributed by atoms with Crippen LogP contribution in [-0.2, 0) is 14.3 Å². The Labute approximate surface area is 230 Å². The van der Waals surface area contributed by atoms with Crippen molar-refractivity contribution in [2.45, 2.75) is 120 Å². The summed E-state index contributed by atoms with van der Waals surface area (Å²) in [5.74, 6) is -0.334. The highest BCUT2D eigenvalue weighted by Crippen LogP contribution is 2.70. The Morgan fingerprint density at radius 3 is 2.44 bits per heavy atom. The first-order chi connectivity index (χ1) is 18.4. The molecule has 0 bridgehead atoms. The number of carboxylic acids is 1. The Kier molecular flexibility index (Phi) is 8.18. The topological polar surface area (TPSA) is 183 Å². The number of ether oxygens (including phenoxy) is 2. The number of carbonyl (C=O) groups is 1. The van der Waals surface area contributed by atoms with Crippen molar-refractivity contribution >= 4 is 5.97 Å². The second kappa shape index (κ2) is 10.8. The van der Waals surface area contributed by atoms with E-state index >= 15 is 0 Å². The van der Waals surface area contributed by atoms with E-state index in [0.29, 0.717) is 18.3 Å². The van der Waals surface area contributed by atoms with E-state index in [-0.39, 0.29) is 42.3 Å². The quantitative estimate of drug-likeness (QED) is 0.224. The Hall–Kier alpha value is -0.850. The Morgan fingerprint density at radius 1 is 1.03 bits per heavy atom. The molecular formula is C29H49NO9. The van der Waals surface area contributed by atoms with Gasteiger partial charge in [-0.25, -0.2) is 0 Å². The lowest BCUT2D eigenvalue weighted by atomic mass is 9.43. The zero-order valence-electron chi connectivity index (χ0n) is 23.3. The first-order valence-electron chi connectivity index (χ1n) is 15.0. The van der Waals surface area contributed by atoms with Crippen molar-refractivity contribution in [2.75, 3.05) is 13.2 Å². The van der Waals surface area contributed by atoms with Gasteiger partial charge in [-0.3, -0.25) is 4.79 Å². The van der Waals surface area contributed by atoms with Crippen LogP contribution in [0.1, 0.15) is 78.1 Å². The Bertz CT molecular complexity index is 904. The third-order valence-electron chi connectivity index (χ3n) is 12.4. The summed E-state index contributed by atoms with van der Waals surface area (Å²) >= 11 is 0. The fraction of sp³-hybridized carbons (Fsp3) is 0.966. The summed E-state index contributed by atoms with van der Waals surface area (Å²) < 4.78 is 11.9. The molecule has 0 spiro atoms. The fourth-order valence-electron chi connectivity index (χ4n) is 10.1. The summed E-state index contributed by atoms with van der Waals surface area (Å²) in [7, 11) is 0. The molecule has 10 heteroatoms. The maximum Gasteiger partial charge on any atom is 0.303 e. The van der Waals surface area contributed by atoms with Gasteiger partial charge in [0.05, 0.1) is 30.8 Å². The van der Waals surface area contributed by atoms with Crippen molar-refractivity contribution in [1.29, 1.82) is 0 Å². The molecule has 39 heavy (non-hydrogen) atoms. The van der Waals surface area contributed by atoms with Crippen molar-refractivity contribution in [3.05, 3.63) is 0 Å². The molecule has 5 rings (SSSR count). The number of aliphatic carboxylic acids is 1. The molecular weight excluding hydrogens is 506 g/mol. The van der Waals surface area contributed by atoms with Gasteiger partial charge in [-0.15, -0.1) is 0 Å². The first kappa shape index (κ1) is 29.6. The van der Waals surface area contributed by atoms with Crippen LogP contribution in [0.2, 0.25) is 0 Å². The summed E-state index contributed by atoms with van der Waals surface area (Å²) in [5.41, 5.74) is 4.76. The van der Waals surface area contributed by atoms with Gasteiger partial charge in [0, 0.05) is 6.61 Å². The molecule has 1 aliphatic heterocycles. The minimum Gasteiger partial charge on any atom is -0.481 e. The lowest BCUT2D eigenvalue weighted by Gasteiger charge is -2.64. The van der Waals surface area contributed by atoms with Gasteiger partial charge in [0.15, 0.2) is 6.29 Å². The largest absolute Gasteiger partial charge is 0.481 e. The number of rotatable bonds is 7. The van der Waals surface area contributed by atoms with Crippen molar-refractivity contribution in [3.63, 3.8) is 0 Å². The number of carboxylic acid groups (broad SMARTS) is 1. The molecule has 10 nitrogen and oxygen atoms in total. The van der Waals surface area contributed by atoms with Gasteiger partial charge in [0.25, 0.3) is 0 Å². The monoisotopic (exact) mass is 555 g/mol. The highest BCUT2D eigenvalue weighted by Gasteiger charge is 2.68. The zero-order chi connectivity index (χ0) is 28.3. The van der Waals surface area contributed by atoms with Gasteiger partial charge >= 0.3 is 5.97 Å². The van der Waals surface area contributed by atoms with Crippen LogP contribution in [0.4, 0.5) is 0 Å². The smallest absolute Gasteiger partial charge is 0.303 e. The molecule has 14 atom stereocenters. The third-order valence-corrected chi connectivity index (χ3v) is 12.4. The lowest BCUT2D eigenvalue weighted by Crippen LogP contribution is -2.64. The van der Waals surface area contributed by atoms with Crippen LogP contribution >= 0.6 is 0 Å². The minimum atomic E-state index is -1.18. The van der Waals surface area contributed by atoms with Gasteiger partial charge in [-0.2, -0.15) is 0 Å². The second-order valence-corrected chi connectivity index (χ2v) is 13.9. The van der Waals surface area contributed by atoms with Gasteiger partial charge in [0.2, 0.25) is 0 Å². The van der Waals surface area contributed by atoms with E-state index in [0.717, 1.165) is 51.4 Å². The molecule has 224 valence electrons. The summed E-state index contributed by atoms with van der Waals surface area (Å²) in [6, 6.07) is -0.960. The number of aliphatic hydroxyl groups is 5. The molecule has 1 heterocycles. The lowest BCUT2D eigenvalue weighted by molar-refractivity contribution is -0.296. The van der Waals surface area contributed by atoms with Crippen LogP contribution in [0.15, 0.2) is 0 Å². The van der Waals surface area contributed by atoms with E-state index in [2.05, 4.69) is 13.8 Å². The number of nitrogens with two attached hydrogens (primary N) is 1. The fourth-order valence-corrected chi connectivity index (χ4v) is 10.1. The van der Waals surface area contributed by atoms with Crippen LogP contribution < -0.4 is 5.73 Å². The van der Waals surface area contributed by atoms with Crippen molar-refractivity contribution in [1.82, 2.24) is 0 Å². The second-order valence-electron chi connectivity index (χ2n) is 13.9. The molecule has 1 saturated heterocycles. The molecule has 4 aliphatic carbocycles. The molecule has 8 N–H and O–H groups in total. The normalized spacial score (nSPS) is 52.4. The number of hydrogen-bond acceptors (Lipinski definition) is 9. The van der Waals surface area contributed by atoms with Crippen molar-refractivity contribution in [2.24, 2.45) is 46.2 Å². The van der Waals surface area contributed by atoms with E-state index in [1.54, 1.807) is 0 Å². The van der Waals surface area contributed by atoms with Gasteiger partial charge < -0.3 is 45.8 Å². The minimum absolute atomic E-state index is 0.00577. The molecule has 0 aromatic rings. The van der Waals surface area contributed by atoms with Crippen LogP contribution in [0.5, 0.6) is 0 Å². The zero-order valence-corrected chi connectivity index (χ0v) is 23.3. The number of hydrogen-bond donors (Lipinski definition) is 7. The van der Waals surface area contributed by atoms with E-state index in [9.17, 15) is 35.4 Å². The van der Waals surface area contributed by atoms with E-state index in [4.69, 9.17) is 15.2 Å². The predicted octanol–water partition coefficient (Wildman–Crippen LogP) is 0.995. The van der Waals surface area contributed by atoms with E-state index in [1.165, 1.54) is 0 Å². The molecule has 0 unspecified atom stereocenters. The Balaban J connectivity index is 1.28. The predicted molar refractivity (Wildman–Crippen MR) is 140 cm³/mol. The van der Waals surface area contributed by atoms with Crippen molar-refractivity contribution < 1.29 is 44.9 Å². The molecule has 0 amide bonds. The molecule has 0 aromatic carbocycles. The standard InChI is InChI=1S/C29H49NO9/c1-27-8-5-17(38-26-25(36)23(30)24(35)21(14-32)39-26)12-16(27)3-4-20-19(27)6-9-28(2)18(7-10-29(20,28)37)15(13-31)11-22(33)34/h15-21,23-26,31-32,35-37H,3-14,30H2,1-2H3,(H,33,34)/t15-,16-,17+,18-,19+,20-,21-,23+,24-,25-,26-,27+,28-,29+/m1/s1. The third kappa shape index (κ3) is 4.67. The van der Waals surface area contributed by atoms with Gasteiger partial charge in [-0.1, -0.05) is 13.8 Å². The van der Waals surface area contributed by atoms with Crippen molar-refractivity contribution in [3.8, 4) is 0 Å². The molecule has 4 saturated carbocycles.